The molecule has 0 radical (unpaired) electrons. The SMILES string of the molecule is [N-]=[N+]=Nc1ccc(C(=O)Nc2cccc(N=[N+]=[N-])c2)cc1. The average molecular weight is 279 g/mol. The number of hydrogen-bond acceptors (Lipinski definition) is 3. The fourth-order valence-electron chi connectivity index (χ4n) is 1.63. The topological polar surface area (TPSA) is 127 Å². The Kier molecular flexibility index (Phi) is 4.40. The Balaban J connectivity index is 2.15. The van der Waals surface area contributed by atoms with E-state index in [1.165, 1.54) is 0 Å². The largest absolute Gasteiger partial charge is 0.322 e. The summed E-state index contributed by atoms with van der Waals surface area (Å²) in [6.07, 6.45) is 0. The molecule has 2 aromatic carbocycles. The van der Waals surface area contributed by atoms with Crippen LogP contribution < -0.4 is 5.32 Å². The van der Waals surface area contributed by atoms with Crippen LogP contribution in [0.1, 0.15) is 10.4 Å². The van der Waals surface area contributed by atoms with Crippen molar-refractivity contribution >= 4 is 23.0 Å². The van der Waals surface area contributed by atoms with Crippen LogP contribution >= 0.6 is 0 Å². The van der Waals surface area contributed by atoms with Gasteiger partial charge in [0.1, 0.15) is 0 Å². The Hall–Kier alpha value is -3.47. The van der Waals surface area contributed by atoms with Crippen molar-refractivity contribution in [2.75, 3.05) is 5.32 Å². The average Bonchev–Trinajstić information content (AvgIpc) is 2.49. The number of carbonyl (C=O) groups is 1. The second-order valence-electron chi connectivity index (χ2n) is 3.93. The predicted octanol–water partition coefficient (Wildman–Crippen LogP) is 4.82. The van der Waals surface area contributed by atoms with Gasteiger partial charge in [-0.1, -0.05) is 34.5 Å². The first kappa shape index (κ1) is 14.0. The molecule has 2 rings (SSSR count). The number of carbonyl (C=O) groups excluding carboxylic acids is 1. The van der Waals surface area contributed by atoms with Gasteiger partial charge in [0, 0.05) is 32.4 Å². The fourth-order valence-corrected chi connectivity index (χ4v) is 1.63. The van der Waals surface area contributed by atoms with E-state index in [0.29, 0.717) is 22.6 Å². The Morgan fingerprint density at radius 1 is 0.952 bits per heavy atom. The molecule has 21 heavy (non-hydrogen) atoms. The summed E-state index contributed by atoms with van der Waals surface area (Å²) < 4.78 is 0. The predicted molar refractivity (Wildman–Crippen MR) is 78.4 cm³/mol. The lowest BCUT2D eigenvalue weighted by Crippen LogP contribution is -2.11. The van der Waals surface area contributed by atoms with Gasteiger partial charge in [0.05, 0.1) is 0 Å². The Bertz CT molecular complexity index is 756. The molecule has 8 heteroatoms. The lowest BCUT2D eigenvalue weighted by molar-refractivity contribution is 0.102. The third kappa shape index (κ3) is 3.74. The van der Waals surface area contributed by atoms with E-state index < -0.39 is 0 Å². The molecule has 0 heterocycles. The highest BCUT2D eigenvalue weighted by Gasteiger charge is 2.06. The molecule has 8 nitrogen and oxygen atoms in total. The van der Waals surface area contributed by atoms with Crippen LogP contribution in [0.2, 0.25) is 0 Å². The zero-order chi connectivity index (χ0) is 15.1. The van der Waals surface area contributed by atoms with E-state index in [1.807, 2.05) is 0 Å². The van der Waals surface area contributed by atoms with E-state index in [0.717, 1.165) is 0 Å². The van der Waals surface area contributed by atoms with E-state index >= 15 is 0 Å². The van der Waals surface area contributed by atoms with Crippen LogP contribution in [0.4, 0.5) is 17.1 Å². The van der Waals surface area contributed by atoms with Crippen molar-refractivity contribution in [1.29, 1.82) is 0 Å². The minimum absolute atomic E-state index is 0.319. The fraction of sp³-hybridized carbons (Fsp3) is 0. The molecular weight excluding hydrogens is 270 g/mol. The van der Waals surface area contributed by atoms with Crippen molar-refractivity contribution in [3.8, 4) is 0 Å². The monoisotopic (exact) mass is 279 g/mol. The summed E-state index contributed by atoms with van der Waals surface area (Å²) in [4.78, 5) is 17.4. The summed E-state index contributed by atoms with van der Waals surface area (Å²) in [5.41, 5.74) is 18.5. The Morgan fingerprint density at radius 3 is 2.29 bits per heavy atom. The van der Waals surface area contributed by atoms with Crippen LogP contribution in [-0.4, -0.2) is 5.91 Å². The second kappa shape index (κ2) is 6.63. The first-order valence-corrected chi connectivity index (χ1v) is 5.84. The highest BCUT2D eigenvalue weighted by Crippen LogP contribution is 2.19. The van der Waals surface area contributed by atoms with Crippen molar-refractivity contribution in [3.63, 3.8) is 0 Å². The molecule has 0 saturated heterocycles. The van der Waals surface area contributed by atoms with Gasteiger partial charge in [-0.15, -0.1) is 0 Å². The summed E-state index contributed by atoms with van der Waals surface area (Å²) in [5, 5.41) is 9.57. The first-order chi connectivity index (χ1) is 10.2. The molecule has 0 unspecified atom stereocenters. The molecule has 0 aromatic heterocycles. The van der Waals surface area contributed by atoms with E-state index in [2.05, 4.69) is 25.4 Å². The number of hydrogen-bond donors (Lipinski definition) is 1. The third-order valence-corrected chi connectivity index (χ3v) is 2.55. The lowest BCUT2D eigenvalue weighted by atomic mass is 10.2. The molecule has 0 fully saturated rings. The summed E-state index contributed by atoms with van der Waals surface area (Å²) in [5.74, 6) is -0.319. The molecule has 102 valence electrons. The van der Waals surface area contributed by atoms with Crippen molar-refractivity contribution in [3.05, 3.63) is 75.0 Å². The van der Waals surface area contributed by atoms with Crippen molar-refractivity contribution in [2.45, 2.75) is 0 Å². The molecule has 0 aliphatic carbocycles. The maximum absolute atomic E-state index is 12.0. The highest BCUT2D eigenvalue weighted by molar-refractivity contribution is 6.04. The van der Waals surface area contributed by atoms with Gasteiger partial charge in [-0.25, -0.2) is 0 Å². The number of nitrogens with zero attached hydrogens (tertiary/aromatic N) is 6. The quantitative estimate of drug-likeness (QED) is 0.480. The molecule has 0 saturated carbocycles. The number of rotatable bonds is 4. The van der Waals surface area contributed by atoms with Gasteiger partial charge >= 0.3 is 0 Å². The standard InChI is InChI=1S/C13H9N7O/c14-19-17-10-6-4-9(5-7-10)13(21)16-11-2-1-3-12(8-11)18-20-15/h1-8H,(H,16,21). The minimum atomic E-state index is -0.319. The van der Waals surface area contributed by atoms with Gasteiger partial charge in [-0.05, 0) is 35.3 Å². The minimum Gasteiger partial charge on any atom is -0.322 e. The Morgan fingerprint density at radius 2 is 1.62 bits per heavy atom. The van der Waals surface area contributed by atoms with Crippen molar-refractivity contribution in [1.82, 2.24) is 0 Å². The smallest absolute Gasteiger partial charge is 0.255 e. The second-order valence-corrected chi connectivity index (χ2v) is 3.93. The van der Waals surface area contributed by atoms with Crippen LogP contribution in [-0.2, 0) is 0 Å². The lowest BCUT2D eigenvalue weighted by Gasteiger charge is -2.06. The van der Waals surface area contributed by atoms with E-state index in [1.54, 1.807) is 48.5 Å². The van der Waals surface area contributed by atoms with E-state index in [9.17, 15) is 4.79 Å². The molecule has 1 N–H and O–H groups in total. The highest BCUT2D eigenvalue weighted by atomic mass is 16.1. The van der Waals surface area contributed by atoms with Crippen molar-refractivity contribution in [2.24, 2.45) is 10.2 Å². The number of azide groups is 2. The van der Waals surface area contributed by atoms with Gasteiger partial charge in [-0.3, -0.25) is 4.79 Å². The van der Waals surface area contributed by atoms with Gasteiger partial charge < -0.3 is 5.32 Å². The zero-order valence-corrected chi connectivity index (χ0v) is 10.7. The number of benzene rings is 2. The number of amides is 1. The molecule has 1 amide bonds. The van der Waals surface area contributed by atoms with E-state index in [4.69, 9.17) is 11.1 Å². The maximum Gasteiger partial charge on any atom is 0.255 e. The van der Waals surface area contributed by atoms with E-state index in [-0.39, 0.29) is 5.91 Å². The third-order valence-electron chi connectivity index (χ3n) is 2.55. The molecular formula is C13H9N7O. The van der Waals surface area contributed by atoms with Crippen LogP contribution in [0.25, 0.3) is 20.9 Å². The number of anilines is 1. The molecule has 0 bridgehead atoms. The van der Waals surface area contributed by atoms with Gasteiger partial charge in [0.15, 0.2) is 0 Å². The van der Waals surface area contributed by atoms with Gasteiger partial charge in [-0.2, -0.15) is 0 Å². The van der Waals surface area contributed by atoms with Crippen LogP contribution in [0.15, 0.2) is 58.8 Å². The van der Waals surface area contributed by atoms with Crippen molar-refractivity contribution < 1.29 is 4.79 Å². The maximum atomic E-state index is 12.0. The van der Waals surface area contributed by atoms with Crippen LogP contribution in [0.5, 0.6) is 0 Å². The molecule has 0 aliphatic rings. The molecule has 0 spiro atoms. The normalized spacial score (nSPS) is 9.14. The molecule has 2 aromatic rings. The Labute approximate surface area is 119 Å². The zero-order valence-electron chi connectivity index (χ0n) is 10.7. The molecule has 0 aliphatic heterocycles. The van der Waals surface area contributed by atoms with Crippen LogP contribution in [0.3, 0.4) is 0 Å². The summed E-state index contributed by atoms with van der Waals surface area (Å²) in [7, 11) is 0. The summed E-state index contributed by atoms with van der Waals surface area (Å²) in [6, 6.07) is 12.7. The summed E-state index contributed by atoms with van der Waals surface area (Å²) >= 11 is 0. The first-order valence-electron chi connectivity index (χ1n) is 5.84. The van der Waals surface area contributed by atoms with Crippen LogP contribution in [0, 0.1) is 0 Å². The van der Waals surface area contributed by atoms with Gasteiger partial charge in [0.2, 0.25) is 0 Å². The van der Waals surface area contributed by atoms with Gasteiger partial charge in [0.25, 0.3) is 5.91 Å². The molecule has 0 atom stereocenters. The number of nitrogens with one attached hydrogen (secondary N) is 1. The summed E-state index contributed by atoms with van der Waals surface area (Å²) in [6.45, 7) is 0.